The minimum absolute atomic E-state index is 0.221. The van der Waals surface area contributed by atoms with Crippen LogP contribution in [0.2, 0.25) is 0 Å². The standard InChI is InChI=1S/C50H35NOS/c1-50(2)42-26-25-35(51(34-16-7-4-8-17-34)43-22-13-21-39-37-19-11-12-23-45(37)53-49(39)43)30-41(42)46-47(50)38-20-10-9-18-36(38)40-29-33-28-32(31-14-5-3-6-15-31)24-27-44(33)52-48(40)46/h3-28,30H,29H2,1-2H3. The summed E-state index contributed by atoms with van der Waals surface area (Å²) in [6.07, 6.45) is 0.818. The van der Waals surface area contributed by atoms with E-state index in [1.54, 1.807) is 0 Å². The van der Waals surface area contributed by atoms with E-state index in [1.165, 1.54) is 81.1 Å². The third-order valence-corrected chi connectivity index (χ3v) is 12.7. The molecular weight excluding hydrogens is 663 g/mol. The van der Waals surface area contributed by atoms with E-state index in [9.17, 15) is 0 Å². The molecule has 1 aromatic heterocycles. The Balaban J connectivity index is 1.14. The molecule has 3 heteroatoms. The van der Waals surface area contributed by atoms with E-state index in [-0.39, 0.29) is 5.41 Å². The van der Waals surface area contributed by atoms with Crippen LogP contribution < -0.4 is 9.64 Å². The van der Waals surface area contributed by atoms with Crippen LogP contribution >= 0.6 is 11.3 Å². The van der Waals surface area contributed by atoms with Crippen LogP contribution in [-0.2, 0) is 11.8 Å². The van der Waals surface area contributed by atoms with Crippen LogP contribution in [0.1, 0.15) is 36.1 Å². The van der Waals surface area contributed by atoms with Gasteiger partial charge in [-0.05, 0) is 92.7 Å². The number of benzene rings is 8. The number of para-hydroxylation sites is 1. The summed E-state index contributed by atoms with van der Waals surface area (Å²) < 4.78 is 9.71. The largest absolute Gasteiger partial charge is 0.456 e. The maximum Gasteiger partial charge on any atom is 0.139 e. The first kappa shape index (κ1) is 30.5. The molecular formula is C50H35NOS. The van der Waals surface area contributed by atoms with Gasteiger partial charge >= 0.3 is 0 Å². The number of fused-ring (bicyclic) bond motifs is 12. The van der Waals surface area contributed by atoms with Crippen molar-refractivity contribution < 1.29 is 4.74 Å². The van der Waals surface area contributed by atoms with Crippen molar-refractivity contribution in [1.29, 1.82) is 0 Å². The van der Waals surface area contributed by atoms with Gasteiger partial charge in [0.25, 0.3) is 0 Å². The zero-order valence-corrected chi connectivity index (χ0v) is 30.4. The molecule has 0 saturated carbocycles. The lowest BCUT2D eigenvalue weighted by atomic mass is 9.78. The molecule has 0 unspecified atom stereocenters. The monoisotopic (exact) mass is 697 g/mol. The van der Waals surface area contributed by atoms with Gasteiger partial charge in [-0.2, -0.15) is 0 Å². The lowest BCUT2D eigenvalue weighted by Crippen LogP contribution is -2.17. The second kappa shape index (κ2) is 11.4. The van der Waals surface area contributed by atoms with E-state index in [4.69, 9.17) is 4.74 Å². The van der Waals surface area contributed by atoms with Crippen molar-refractivity contribution >= 4 is 59.3 Å². The lowest BCUT2D eigenvalue weighted by molar-refractivity contribution is 0.462. The SMILES string of the molecule is CC1(C)c2ccc(N(c3ccccc3)c3cccc4c3sc3ccccc34)cc2-c2c3c(c4ccccc4c21)Cc1cc(-c2ccccc2)ccc1O3. The second-order valence-corrected chi connectivity index (χ2v) is 15.9. The fourth-order valence-corrected chi connectivity index (χ4v) is 10.3. The minimum atomic E-state index is -0.221. The normalized spacial score (nSPS) is 13.7. The van der Waals surface area contributed by atoms with Crippen LogP contribution in [0.5, 0.6) is 11.5 Å². The van der Waals surface area contributed by atoms with Crippen LogP contribution in [0.15, 0.2) is 164 Å². The van der Waals surface area contributed by atoms with Gasteiger partial charge in [0.2, 0.25) is 0 Å². The minimum Gasteiger partial charge on any atom is -0.456 e. The molecule has 0 spiro atoms. The molecule has 0 saturated heterocycles. The first-order valence-electron chi connectivity index (χ1n) is 18.4. The fourth-order valence-electron chi connectivity index (χ4n) is 9.08. The Labute approximate surface area is 313 Å². The van der Waals surface area contributed by atoms with Crippen molar-refractivity contribution in [2.45, 2.75) is 25.7 Å². The maximum atomic E-state index is 7.12. The molecule has 1 aliphatic heterocycles. The summed E-state index contributed by atoms with van der Waals surface area (Å²) in [6, 6.07) is 59.7. The van der Waals surface area contributed by atoms with E-state index >= 15 is 0 Å². The molecule has 0 N–H and O–H groups in total. The highest BCUT2D eigenvalue weighted by atomic mass is 32.1. The van der Waals surface area contributed by atoms with Crippen molar-refractivity contribution in [3.05, 3.63) is 186 Å². The van der Waals surface area contributed by atoms with E-state index < -0.39 is 0 Å². The van der Waals surface area contributed by atoms with Crippen molar-refractivity contribution in [2.75, 3.05) is 4.90 Å². The van der Waals surface area contributed by atoms with Gasteiger partial charge in [0, 0.05) is 49.8 Å². The summed E-state index contributed by atoms with van der Waals surface area (Å²) in [5.74, 6) is 1.94. The summed E-state index contributed by atoms with van der Waals surface area (Å²) in [4.78, 5) is 2.44. The summed E-state index contributed by atoms with van der Waals surface area (Å²) >= 11 is 1.87. The third-order valence-electron chi connectivity index (χ3n) is 11.5. The van der Waals surface area contributed by atoms with Crippen molar-refractivity contribution in [2.24, 2.45) is 0 Å². The highest BCUT2D eigenvalue weighted by Gasteiger charge is 2.42. The number of hydrogen-bond acceptors (Lipinski definition) is 3. The van der Waals surface area contributed by atoms with Crippen molar-refractivity contribution in [3.63, 3.8) is 0 Å². The molecule has 0 atom stereocenters. The van der Waals surface area contributed by atoms with E-state index in [2.05, 4.69) is 183 Å². The zero-order valence-electron chi connectivity index (χ0n) is 29.6. The van der Waals surface area contributed by atoms with Crippen LogP contribution in [0.3, 0.4) is 0 Å². The Morgan fingerprint density at radius 1 is 0.585 bits per heavy atom. The van der Waals surface area contributed by atoms with Gasteiger partial charge in [-0.1, -0.05) is 129 Å². The molecule has 2 heterocycles. The summed E-state index contributed by atoms with van der Waals surface area (Å²) in [7, 11) is 0. The lowest BCUT2D eigenvalue weighted by Gasteiger charge is -2.28. The predicted octanol–water partition coefficient (Wildman–Crippen LogP) is 14.3. The Morgan fingerprint density at radius 3 is 2.13 bits per heavy atom. The quantitative estimate of drug-likeness (QED) is 0.182. The number of rotatable bonds is 4. The average Bonchev–Trinajstić information content (AvgIpc) is 3.70. The van der Waals surface area contributed by atoms with Gasteiger partial charge in [-0.15, -0.1) is 11.3 Å². The van der Waals surface area contributed by atoms with Gasteiger partial charge in [-0.25, -0.2) is 0 Å². The fraction of sp³-hybridized carbons (Fsp3) is 0.0800. The molecule has 11 rings (SSSR count). The van der Waals surface area contributed by atoms with Crippen LogP contribution in [0.25, 0.3) is 53.2 Å². The molecule has 2 aliphatic rings. The number of nitrogens with zero attached hydrogens (tertiary/aromatic N) is 1. The maximum absolute atomic E-state index is 7.12. The summed E-state index contributed by atoms with van der Waals surface area (Å²) in [6.45, 7) is 4.76. The average molecular weight is 698 g/mol. The molecule has 1 aliphatic carbocycles. The Kier molecular flexibility index (Phi) is 6.56. The number of anilines is 3. The van der Waals surface area contributed by atoms with Gasteiger partial charge in [0.15, 0.2) is 0 Å². The van der Waals surface area contributed by atoms with Crippen LogP contribution in [0.4, 0.5) is 17.1 Å². The summed E-state index contributed by atoms with van der Waals surface area (Å²) in [5.41, 5.74) is 13.3. The van der Waals surface area contributed by atoms with Crippen molar-refractivity contribution in [3.8, 4) is 33.8 Å². The second-order valence-electron chi connectivity index (χ2n) is 14.8. The number of ether oxygens (including phenoxy) is 1. The zero-order chi connectivity index (χ0) is 35.3. The number of thiophene rings is 1. The Hall–Kier alpha value is -6.16. The van der Waals surface area contributed by atoms with Gasteiger partial charge in [0.05, 0.1) is 10.4 Å². The smallest absolute Gasteiger partial charge is 0.139 e. The molecule has 0 fully saturated rings. The molecule has 0 bridgehead atoms. The predicted molar refractivity (Wildman–Crippen MR) is 224 cm³/mol. The molecule has 53 heavy (non-hydrogen) atoms. The molecule has 2 nitrogen and oxygen atoms in total. The third kappa shape index (κ3) is 4.51. The van der Waals surface area contributed by atoms with Gasteiger partial charge in [0.1, 0.15) is 11.5 Å². The van der Waals surface area contributed by atoms with Crippen molar-refractivity contribution in [1.82, 2.24) is 0 Å². The first-order chi connectivity index (χ1) is 26.0. The van der Waals surface area contributed by atoms with E-state index in [0.29, 0.717) is 0 Å². The highest BCUT2D eigenvalue weighted by molar-refractivity contribution is 7.26. The first-order valence-corrected chi connectivity index (χ1v) is 19.2. The molecule has 252 valence electrons. The van der Waals surface area contributed by atoms with Gasteiger partial charge < -0.3 is 9.64 Å². The number of hydrogen-bond donors (Lipinski definition) is 0. The van der Waals surface area contributed by atoms with Crippen LogP contribution in [-0.4, -0.2) is 0 Å². The van der Waals surface area contributed by atoms with E-state index in [1.807, 2.05) is 11.3 Å². The molecule has 8 aromatic carbocycles. The molecule has 0 radical (unpaired) electrons. The van der Waals surface area contributed by atoms with E-state index in [0.717, 1.165) is 29.3 Å². The topological polar surface area (TPSA) is 12.5 Å². The molecule has 9 aromatic rings. The molecule has 0 amide bonds. The Morgan fingerprint density at radius 2 is 1.30 bits per heavy atom. The highest BCUT2D eigenvalue weighted by Crippen LogP contribution is 2.59. The Bertz CT molecular complexity index is 2920. The summed E-state index contributed by atoms with van der Waals surface area (Å²) in [5, 5.41) is 5.18. The van der Waals surface area contributed by atoms with Gasteiger partial charge in [-0.3, -0.25) is 0 Å². The van der Waals surface area contributed by atoms with Crippen LogP contribution in [0, 0.1) is 0 Å².